The molecule has 16 heavy (non-hydrogen) atoms. The number of nitrogens with zero attached hydrogens (tertiary/aromatic N) is 2. The van der Waals surface area contributed by atoms with Gasteiger partial charge in [-0.1, -0.05) is 0 Å². The molecule has 0 aliphatic carbocycles. The zero-order valence-corrected chi connectivity index (χ0v) is 8.31. The molecular weight excluding hydrogens is 222 g/mol. The molecular formula is C9H8F2N2O3. The van der Waals surface area contributed by atoms with Crippen LogP contribution in [0.5, 0.6) is 0 Å². The lowest BCUT2D eigenvalue weighted by molar-refractivity contribution is -0.164. The standard InChI is InChI=1S/C9H8F2N2O3/c1-2-16-8(15)9(10,11)7(14)6-5-12-3-4-13-6/h3-5H,2H2,1H3. The van der Waals surface area contributed by atoms with E-state index in [9.17, 15) is 18.4 Å². The Morgan fingerprint density at radius 2 is 2.12 bits per heavy atom. The molecule has 0 atom stereocenters. The van der Waals surface area contributed by atoms with Crippen molar-refractivity contribution in [3.05, 3.63) is 24.3 Å². The zero-order chi connectivity index (χ0) is 12.2. The molecule has 0 radical (unpaired) electrons. The SMILES string of the molecule is CCOC(=O)C(F)(F)C(=O)c1cnccn1. The molecule has 0 aromatic carbocycles. The van der Waals surface area contributed by atoms with Crippen molar-refractivity contribution < 1.29 is 23.1 Å². The van der Waals surface area contributed by atoms with Gasteiger partial charge in [0.2, 0.25) is 0 Å². The number of alkyl halides is 2. The van der Waals surface area contributed by atoms with Gasteiger partial charge in [0.25, 0.3) is 5.78 Å². The van der Waals surface area contributed by atoms with Crippen LogP contribution in [-0.4, -0.2) is 34.2 Å². The normalized spacial score (nSPS) is 10.9. The van der Waals surface area contributed by atoms with Crippen molar-refractivity contribution in [1.82, 2.24) is 9.97 Å². The molecule has 0 spiro atoms. The van der Waals surface area contributed by atoms with E-state index in [4.69, 9.17) is 0 Å². The number of aromatic nitrogens is 2. The second kappa shape index (κ2) is 4.73. The van der Waals surface area contributed by atoms with Crippen molar-refractivity contribution in [1.29, 1.82) is 0 Å². The van der Waals surface area contributed by atoms with E-state index in [0.717, 1.165) is 12.4 Å². The van der Waals surface area contributed by atoms with Gasteiger partial charge in [-0.2, -0.15) is 8.78 Å². The van der Waals surface area contributed by atoms with E-state index in [-0.39, 0.29) is 6.61 Å². The number of carbonyl (C=O) groups is 2. The van der Waals surface area contributed by atoms with Crippen molar-refractivity contribution in [3.63, 3.8) is 0 Å². The highest BCUT2D eigenvalue weighted by molar-refractivity contribution is 6.12. The van der Waals surface area contributed by atoms with Gasteiger partial charge in [-0.15, -0.1) is 0 Å². The summed E-state index contributed by atoms with van der Waals surface area (Å²) < 4.78 is 30.5. The molecule has 5 nitrogen and oxygen atoms in total. The lowest BCUT2D eigenvalue weighted by Crippen LogP contribution is -2.39. The predicted molar refractivity (Wildman–Crippen MR) is 47.9 cm³/mol. The van der Waals surface area contributed by atoms with Crippen LogP contribution in [0.15, 0.2) is 18.6 Å². The fraction of sp³-hybridized carbons (Fsp3) is 0.333. The molecule has 0 N–H and O–H groups in total. The van der Waals surface area contributed by atoms with Crippen LogP contribution in [0.2, 0.25) is 0 Å². The Balaban J connectivity index is 2.92. The summed E-state index contributed by atoms with van der Waals surface area (Å²) in [6, 6.07) is 0. The smallest absolute Gasteiger partial charge is 0.405 e. The third-order valence-corrected chi connectivity index (χ3v) is 1.61. The van der Waals surface area contributed by atoms with Crippen LogP contribution in [-0.2, 0) is 9.53 Å². The van der Waals surface area contributed by atoms with Gasteiger partial charge in [0, 0.05) is 12.4 Å². The van der Waals surface area contributed by atoms with Gasteiger partial charge in [-0.05, 0) is 6.92 Å². The Labute approximate surface area is 89.5 Å². The summed E-state index contributed by atoms with van der Waals surface area (Å²) in [5.74, 6) is -7.84. The third kappa shape index (κ3) is 2.36. The number of carbonyl (C=O) groups excluding carboxylic acids is 2. The van der Waals surface area contributed by atoms with E-state index in [1.807, 2.05) is 0 Å². The average molecular weight is 230 g/mol. The van der Waals surface area contributed by atoms with Crippen molar-refractivity contribution in [3.8, 4) is 0 Å². The minimum absolute atomic E-state index is 0.234. The summed E-state index contributed by atoms with van der Waals surface area (Å²) >= 11 is 0. The Hall–Kier alpha value is -1.92. The van der Waals surface area contributed by atoms with Crippen LogP contribution in [0.1, 0.15) is 17.4 Å². The van der Waals surface area contributed by atoms with E-state index in [0.29, 0.717) is 0 Å². The van der Waals surface area contributed by atoms with Gasteiger partial charge in [0.1, 0.15) is 5.69 Å². The number of ether oxygens (including phenoxy) is 1. The van der Waals surface area contributed by atoms with Crippen LogP contribution >= 0.6 is 0 Å². The van der Waals surface area contributed by atoms with Crippen LogP contribution in [0, 0.1) is 0 Å². The average Bonchev–Trinajstić information content (AvgIpc) is 2.29. The Kier molecular flexibility index (Phi) is 3.60. The Morgan fingerprint density at radius 3 is 2.62 bits per heavy atom. The largest absolute Gasteiger partial charge is 0.461 e. The highest BCUT2D eigenvalue weighted by atomic mass is 19.3. The molecule has 0 amide bonds. The van der Waals surface area contributed by atoms with E-state index in [2.05, 4.69) is 14.7 Å². The highest BCUT2D eigenvalue weighted by Gasteiger charge is 2.50. The maximum Gasteiger partial charge on any atom is 0.405 e. The quantitative estimate of drug-likeness (QED) is 0.436. The van der Waals surface area contributed by atoms with Crippen LogP contribution in [0.3, 0.4) is 0 Å². The second-order valence-corrected chi connectivity index (χ2v) is 2.71. The number of halogens is 2. The summed E-state index contributed by atoms with van der Waals surface area (Å²) in [7, 11) is 0. The molecule has 0 aliphatic rings. The van der Waals surface area contributed by atoms with Gasteiger partial charge in [0.15, 0.2) is 0 Å². The fourth-order valence-electron chi connectivity index (χ4n) is 0.892. The topological polar surface area (TPSA) is 69.2 Å². The lowest BCUT2D eigenvalue weighted by Gasteiger charge is -2.12. The predicted octanol–water partition coefficient (Wildman–Crippen LogP) is 0.858. The van der Waals surface area contributed by atoms with Gasteiger partial charge >= 0.3 is 11.9 Å². The van der Waals surface area contributed by atoms with Gasteiger partial charge in [-0.3, -0.25) is 9.78 Å². The first-order valence-electron chi connectivity index (χ1n) is 4.36. The van der Waals surface area contributed by atoms with Gasteiger partial charge in [0.05, 0.1) is 12.8 Å². The molecule has 1 aromatic heterocycles. The first kappa shape index (κ1) is 12.2. The number of ketones is 1. The molecule has 0 bridgehead atoms. The number of rotatable bonds is 4. The van der Waals surface area contributed by atoms with E-state index in [1.165, 1.54) is 13.1 Å². The number of Topliss-reactive ketones (excluding diaryl/α,β-unsaturated/α-hetero) is 1. The number of esters is 1. The van der Waals surface area contributed by atoms with Crippen LogP contribution in [0.25, 0.3) is 0 Å². The molecule has 0 aliphatic heterocycles. The first-order valence-corrected chi connectivity index (χ1v) is 4.36. The molecule has 0 saturated heterocycles. The third-order valence-electron chi connectivity index (χ3n) is 1.61. The Morgan fingerprint density at radius 1 is 1.44 bits per heavy atom. The van der Waals surface area contributed by atoms with E-state index < -0.39 is 23.4 Å². The van der Waals surface area contributed by atoms with E-state index in [1.54, 1.807) is 0 Å². The van der Waals surface area contributed by atoms with Crippen molar-refractivity contribution >= 4 is 11.8 Å². The maximum atomic E-state index is 13.2. The summed E-state index contributed by atoms with van der Waals surface area (Å²) in [6.07, 6.45) is 3.16. The fourth-order valence-corrected chi connectivity index (χ4v) is 0.892. The van der Waals surface area contributed by atoms with Gasteiger partial charge in [-0.25, -0.2) is 9.78 Å². The maximum absolute atomic E-state index is 13.2. The summed E-state index contributed by atoms with van der Waals surface area (Å²) in [5.41, 5.74) is -0.583. The molecule has 0 unspecified atom stereocenters. The molecule has 7 heteroatoms. The number of hydrogen-bond donors (Lipinski definition) is 0. The molecule has 1 aromatic rings. The number of hydrogen-bond acceptors (Lipinski definition) is 5. The minimum Gasteiger partial charge on any atom is -0.461 e. The Bertz CT molecular complexity index is 395. The summed E-state index contributed by atoms with van der Waals surface area (Å²) in [6.45, 7) is 1.13. The lowest BCUT2D eigenvalue weighted by atomic mass is 10.1. The first-order chi connectivity index (χ1) is 7.50. The second-order valence-electron chi connectivity index (χ2n) is 2.71. The molecule has 86 valence electrons. The summed E-state index contributed by atoms with van der Waals surface area (Å²) in [4.78, 5) is 28.9. The van der Waals surface area contributed by atoms with Crippen molar-refractivity contribution in [2.45, 2.75) is 12.8 Å². The molecule has 0 saturated carbocycles. The van der Waals surface area contributed by atoms with E-state index >= 15 is 0 Å². The van der Waals surface area contributed by atoms with Gasteiger partial charge < -0.3 is 4.74 Å². The highest BCUT2D eigenvalue weighted by Crippen LogP contribution is 2.20. The van der Waals surface area contributed by atoms with Crippen molar-refractivity contribution in [2.75, 3.05) is 6.61 Å². The summed E-state index contributed by atoms with van der Waals surface area (Å²) in [5, 5.41) is 0. The molecule has 0 fully saturated rings. The van der Waals surface area contributed by atoms with Crippen LogP contribution in [0.4, 0.5) is 8.78 Å². The minimum atomic E-state index is -4.23. The van der Waals surface area contributed by atoms with Crippen molar-refractivity contribution in [2.24, 2.45) is 0 Å². The van der Waals surface area contributed by atoms with Crippen LogP contribution < -0.4 is 0 Å². The zero-order valence-electron chi connectivity index (χ0n) is 8.31. The molecule has 1 rings (SSSR count). The monoisotopic (exact) mass is 230 g/mol. The molecule has 1 heterocycles.